The van der Waals surface area contributed by atoms with Crippen molar-refractivity contribution < 1.29 is 33.6 Å². The highest BCUT2D eigenvalue weighted by Crippen LogP contribution is 2.39. The van der Waals surface area contributed by atoms with Gasteiger partial charge in [0.05, 0.1) is 32.0 Å². The Morgan fingerprint density at radius 1 is 1.03 bits per heavy atom. The molecule has 0 bridgehead atoms. The molecular weight excluding hydrogens is 486 g/mol. The molecule has 0 spiro atoms. The normalized spacial score (nSPS) is 14.3. The Hall–Kier alpha value is -3.42. The average Bonchev–Trinajstić information content (AvgIpc) is 2.92. The van der Waals surface area contributed by atoms with Gasteiger partial charge in [0, 0.05) is 31.0 Å². The number of carboxylic acid groups (broad SMARTS) is 1. The first-order chi connectivity index (χ1) is 18.4. The number of amides is 1. The lowest BCUT2D eigenvalue weighted by atomic mass is 9.95. The summed E-state index contributed by atoms with van der Waals surface area (Å²) in [4.78, 5) is 23.3. The Bertz CT molecular complexity index is 1100. The molecule has 38 heavy (non-hydrogen) atoms. The first-order valence-corrected chi connectivity index (χ1v) is 13.6. The van der Waals surface area contributed by atoms with Gasteiger partial charge >= 0.3 is 5.97 Å². The van der Waals surface area contributed by atoms with Crippen molar-refractivity contribution in [2.75, 3.05) is 27.4 Å². The molecule has 1 unspecified atom stereocenters. The summed E-state index contributed by atoms with van der Waals surface area (Å²) in [6, 6.07) is 7.65. The summed E-state index contributed by atoms with van der Waals surface area (Å²) in [7, 11) is 3.17. The number of methoxy groups -OCH3 is 1. The number of ether oxygens (including phenoxy) is 4. The van der Waals surface area contributed by atoms with E-state index in [-0.39, 0.29) is 18.4 Å². The van der Waals surface area contributed by atoms with Crippen molar-refractivity contribution in [1.82, 2.24) is 5.32 Å². The highest BCUT2D eigenvalue weighted by Gasteiger charge is 2.25. The van der Waals surface area contributed by atoms with Crippen molar-refractivity contribution in [3.05, 3.63) is 46.5 Å². The minimum atomic E-state index is -0.796. The topological polar surface area (TPSA) is 103 Å². The fourth-order valence-corrected chi connectivity index (χ4v) is 4.86. The Morgan fingerprint density at radius 2 is 1.68 bits per heavy atom. The van der Waals surface area contributed by atoms with Crippen LogP contribution < -0.4 is 24.3 Å². The van der Waals surface area contributed by atoms with Crippen molar-refractivity contribution in [3.8, 4) is 23.0 Å². The SMILES string of the molecule is CCCc1c(OCCCOc2ccc(C(=O)NC)c(OC)c2CCC)ccc2c1OC(CCC(=O)O)CC2. The quantitative estimate of drug-likeness (QED) is 0.300. The van der Waals surface area contributed by atoms with E-state index in [2.05, 4.69) is 25.2 Å². The largest absolute Gasteiger partial charge is 0.495 e. The number of benzene rings is 2. The minimum absolute atomic E-state index is 0.0815. The fraction of sp³-hybridized carbons (Fsp3) is 0.533. The lowest BCUT2D eigenvalue weighted by Gasteiger charge is -2.29. The molecule has 0 saturated heterocycles. The highest BCUT2D eigenvalue weighted by molar-refractivity contribution is 5.97. The molecular formula is C30H41NO7. The van der Waals surface area contributed by atoms with Crippen LogP contribution in [-0.2, 0) is 24.1 Å². The maximum absolute atomic E-state index is 12.3. The Kier molecular flexibility index (Phi) is 11.1. The van der Waals surface area contributed by atoms with E-state index in [1.54, 1.807) is 20.2 Å². The van der Waals surface area contributed by atoms with Crippen molar-refractivity contribution in [1.29, 1.82) is 0 Å². The Labute approximate surface area is 225 Å². The molecule has 208 valence electrons. The lowest BCUT2D eigenvalue weighted by Crippen LogP contribution is -2.24. The molecule has 2 N–H and O–H groups in total. The van der Waals surface area contributed by atoms with Gasteiger partial charge in [-0.05, 0) is 55.9 Å². The van der Waals surface area contributed by atoms with E-state index in [4.69, 9.17) is 24.1 Å². The van der Waals surface area contributed by atoms with Gasteiger partial charge in [0.2, 0.25) is 0 Å². The number of nitrogens with one attached hydrogen (secondary N) is 1. The number of carboxylic acids is 1. The smallest absolute Gasteiger partial charge is 0.303 e. The first-order valence-electron chi connectivity index (χ1n) is 13.6. The zero-order valence-electron chi connectivity index (χ0n) is 23.1. The van der Waals surface area contributed by atoms with Crippen molar-refractivity contribution >= 4 is 11.9 Å². The molecule has 0 saturated carbocycles. The molecule has 0 aromatic heterocycles. The summed E-state index contributed by atoms with van der Waals surface area (Å²) in [6.07, 6.45) is 6.35. The lowest BCUT2D eigenvalue weighted by molar-refractivity contribution is -0.137. The van der Waals surface area contributed by atoms with Gasteiger partial charge in [0.1, 0.15) is 23.0 Å². The molecule has 2 aromatic carbocycles. The number of hydrogen-bond donors (Lipinski definition) is 2. The summed E-state index contributed by atoms with van der Waals surface area (Å²) < 4.78 is 24.1. The summed E-state index contributed by atoms with van der Waals surface area (Å²) in [5.74, 6) is 1.97. The standard InChI is InChI=1S/C30H41NO7/c1-5-8-22-25(15-11-20-10-12-21(38-28(20)22)13-17-27(32)33)36-18-7-19-37-26-16-14-24(30(34)31-3)29(35-4)23(26)9-6-2/h11,14-16,21H,5-10,12-13,17-19H2,1-4H3,(H,31,34)(H,32,33). The van der Waals surface area contributed by atoms with Gasteiger partial charge in [-0.25, -0.2) is 0 Å². The monoisotopic (exact) mass is 527 g/mol. The van der Waals surface area contributed by atoms with Crippen LogP contribution in [0.5, 0.6) is 23.0 Å². The Balaban J connectivity index is 1.64. The molecule has 8 nitrogen and oxygen atoms in total. The summed E-state index contributed by atoms with van der Waals surface area (Å²) in [5, 5.41) is 11.7. The molecule has 1 amide bonds. The third-order valence-electron chi connectivity index (χ3n) is 6.70. The second-order valence-electron chi connectivity index (χ2n) is 9.49. The second kappa shape index (κ2) is 14.5. The van der Waals surface area contributed by atoms with Gasteiger partial charge in [-0.15, -0.1) is 0 Å². The van der Waals surface area contributed by atoms with Gasteiger partial charge in [0.15, 0.2) is 0 Å². The second-order valence-corrected chi connectivity index (χ2v) is 9.49. The maximum Gasteiger partial charge on any atom is 0.303 e. The van der Waals surface area contributed by atoms with E-state index in [9.17, 15) is 9.59 Å². The molecule has 3 rings (SSSR count). The molecule has 1 aliphatic rings. The van der Waals surface area contributed by atoms with Crippen LogP contribution in [0.3, 0.4) is 0 Å². The van der Waals surface area contributed by atoms with E-state index in [1.165, 1.54) is 0 Å². The van der Waals surface area contributed by atoms with Crippen LogP contribution in [0.15, 0.2) is 24.3 Å². The van der Waals surface area contributed by atoms with E-state index in [0.717, 1.165) is 72.5 Å². The number of aliphatic carboxylic acids is 1. The zero-order valence-corrected chi connectivity index (χ0v) is 23.1. The number of fused-ring (bicyclic) bond motifs is 1. The summed E-state index contributed by atoms with van der Waals surface area (Å²) in [6.45, 7) is 5.14. The van der Waals surface area contributed by atoms with Crippen molar-refractivity contribution in [2.24, 2.45) is 0 Å². The van der Waals surface area contributed by atoms with Gasteiger partial charge in [-0.2, -0.15) is 0 Å². The third kappa shape index (κ3) is 7.33. The van der Waals surface area contributed by atoms with Crippen LogP contribution in [0.25, 0.3) is 0 Å². The van der Waals surface area contributed by atoms with Gasteiger partial charge in [-0.3, -0.25) is 9.59 Å². The number of carbonyl (C=O) groups is 2. The van der Waals surface area contributed by atoms with Gasteiger partial charge in [0.25, 0.3) is 5.91 Å². The number of aryl methyl sites for hydroxylation is 1. The van der Waals surface area contributed by atoms with Crippen LogP contribution in [-0.4, -0.2) is 50.5 Å². The van der Waals surface area contributed by atoms with E-state index < -0.39 is 5.97 Å². The minimum Gasteiger partial charge on any atom is -0.495 e. The van der Waals surface area contributed by atoms with Gasteiger partial charge in [-0.1, -0.05) is 32.8 Å². The number of rotatable bonds is 15. The maximum atomic E-state index is 12.3. The van der Waals surface area contributed by atoms with Crippen LogP contribution >= 0.6 is 0 Å². The van der Waals surface area contributed by atoms with Crippen LogP contribution in [0.4, 0.5) is 0 Å². The zero-order chi connectivity index (χ0) is 27.5. The fourth-order valence-electron chi connectivity index (χ4n) is 4.86. The molecule has 2 aromatic rings. The molecule has 8 heteroatoms. The molecule has 1 aliphatic heterocycles. The molecule has 0 aliphatic carbocycles. The third-order valence-corrected chi connectivity index (χ3v) is 6.70. The summed E-state index contributed by atoms with van der Waals surface area (Å²) >= 11 is 0. The average molecular weight is 528 g/mol. The van der Waals surface area contributed by atoms with Crippen LogP contribution in [0.2, 0.25) is 0 Å². The van der Waals surface area contributed by atoms with Crippen molar-refractivity contribution in [2.45, 2.75) is 77.7 Å². The Morgan fingerprint density at radius 3 is 2.32 bits per heavy atom. The van der Waals surface area contributed by atoms with E-state index in [0.29, 0.717) is 37.4 Å². The number of hydrogen-bond acceptors (Lipinski definition) is 6. The van der Waals surface area contributed by atoms with E-state index >= 15 is 0 Å². The molecule has 1 heterocycles. The van der Waals surface area contributed by atoms with Crippen molar-refractivity contribution in [3.63, 3.8) is 0 Å². The highest BCUT2D eigenvalue weighted by atomic mass is 16.5. The van der Waals surface area contributed by atoms with Gasteiger partial charge < -0.3 is 29.4 Å². The van der Waals surface area contributed by atoms with Crippen LogP contribution in [0.1, 0.15) is 79.4 Å². The predicted octanol–water partition coefficient (Wildman–Crippen LogP) is 5.37. The van der Waals surface area contributed by atoms with Crippen LogP contribution in [0, 0.1) is 0 Å². The first kappa shape index (κ1) is 29.1. The van der Waals surface area contributed by atoms with E-state index in [1.807, 2.05) is 12.1 Å². The number of carbonyl (C=O) groups excluding carboxylic acids is 1. The summed E-state index contributed by atoms with van der Waals surface area (Å²) in [5.41, 5.74) is 3.61. The molecule has 0 fully saturated rings. The molecule has 1 atom stereocenters. The predicted molar refractivity (Wildman–Crippen MR) is 146 cm³/mol. The molecule has 0 radical (unpaired) electrons.